The molecule has 1 aromatic heterocycles. The highest BCUT2D eigenvalue weighted by atomic mass is 35.5. The maximum atomic E-state index is 12.9. The quantitative estimate of drug-likeness (QED) is 0.751. The summed E-state index contributed by atoms with van der Waals surface area (Å²) in [6.45, 7) is 0. The summed E-state index contributed by atoms with van der Waals surface area (Å²) < 4.78 is 12.9. The molecule has 0 saturated carbocycles. The summed E-state index contributed by atoms with van der Waals surface area (Å²) in [5.74, 6) is -0.573. The van der Waals surface area contributed by atoms with Crippen molar-refractivity contribution in [3.63, 3.8) is 0 Å². The fourth-order valence-corrected chi connectivity index (χ4v) is 2.28. The zero-order chi connectivity index (χ0) is 16.2. The molecule has 3 aromatic rings. The predicted octanol–water partition coefficient (Wildman–Crippen LogP) is 4.79. The molecule has 0 fully saturated rings. The fourth-order valence-electron chi connectivity index (χ4n) is 2.09. The molecule has 0 aliphatic carbocycles. The number of halogens is 2. The van der Waals surface area contributed by atoms with Gasteiger partial charge < -0.3 is 5.32 Å². The lowest BCUT2D eigenvalue weighted by Crippen LogP contribution is -2.12. The van der Waals surface area contributed by atoms with Crippen molar-refractivity contribution in [1.82, 2.24) is 4.98 Å². The molecule has 0 spiro atoms. The van der Waals surface area contributed by atoms with Gasteiger partial charge in [-0.3, -0.25) is 9.78 Å². The molecule has 0 aliphatic heterocycles. The Morgan fingerprint density at radius 1 is 1.04 bits per heavy atom. The van der Waals surface area contributed by atoms with Crippen LogP contribution in [0.15, 0.2) is 66.9 Å². The molecule has 0 radical (unpaired) electrons. The van der Waals surface area contributed by atoms with Gasteiger partial charge in [0.2, 0.25) is 0 Å². The van der Waals surface area contributed by atoms with Gasteiger partial charge in [0, 0.05) is 22.5 Å². The highest BCUT2D eigenvalue weighted by molar-refractivity contribution is 6.30. The Bertz CT molecular complexity index is 832. The SMILES string of the molecule is O=C(Nc1cccc(Cl)c1)c1ccc(-c2ccc(F)cc2)nc1. The molecule has 1 heterocycles. The molecule has 5 heteroatoms. The molecule has 0 saturated heterocycles. The Morgan fingerprint density at radius 3 is 2.48 bits per heavy atom. The van der Waals surface area contributed by atoms with Gasteiger partial charge in [-0.2, -0.15) is 0 Å². The van der Waals surface area contributed by atoms with Gasteiger partial charge in [-0.15, -0.1) is 0 Å². The molecule has 3 rings (SSSR count). The van der Waals surface area contributed by atoms with Crippen LogP contribution in [0.3, 0.4) is 0 Å². The van der Waals surface area contributed by atoms with Gasteiger partial charge in [0.15, 0.2) is 0 Å². The summed E-state index contributed by atoms with van der Waals surface area (Å²) in [5, 5.41) is 3.30. The number of aromatic nitrogens is 1. The summed E-state index contributed by atoms with van der Waals surface area (Å²) in [5.41, 5.74) is 2.50. The average Bonchev–Trinajstić information content (AvgIpc) is 2.56. The van der Waals surface area contributed by atoms with Crippen LogP contribution >= 0.6 is 11.6 Å². The van der Waals surface area contributed by atoms with E-state index in [1.807, 2.05) is 0 Å². The first-order valence-electron chi connectivity index (χ1n) is 6.91. The largest absolute Gasteiger partial charge is 0.322 e. The van der Waals surface area contributed by atoms with E-state index < -0.39 is 0 Å². The number of carbonyl (C=O) groups is 1. The number of hydrogen-bond acceptors (Lipinski definition) is 2. The van der Waals surface area contributed by atoms with E-state index in [1.54, 1.807) is 48.5 Å². The second-order valence-electron chi connectivity index (χ2n) is 4.90. The monoisotopic (exact) mass is 326 g/mol. The summed E-state index contributed by atoms with van der Waals surface area (Å²) >= 11 is 5.88. The normalized spacial score (nSPS) is 10.3. The van der Waals surface area contributed by atoms with Crippen molar-refractivity contribution in [1.29, 1.82) is 0 Å². The van der Waals surface area contributed by atoms with Crippen LogP contribution in [0.5, 0.6) is 0 Å². The summed E-state index contributed by atoms with van der Waals surface area (Å²) in [7, 11) is 0. The van der Waals surface area contributed by atoms with Crippen LogP contribution < -0.4 is 5.32 Å². The van der Waals surface area contributed by atoms with E-state index in [2.05, 4.69) is 10.3 Å². The van der Waals surface area contributed by atoms with Crippen molar-refractivity contribution in [2.24, 2.45) is 0 Å². The van der Waals surface area contributed by atoms with Gasteiger partial charge in [0.25, 0.3) is 5.91 Å². The van der Waals surface area contributed by atoms with E-state index in [0.717, 1.165) is 5.56 Å². The van der Waals surface area contributed by atoms with Crippen LogP contribution in [-0.2, 0) is 0 Å². The smallest absolute Gasteiger partial charge is 0.257 e. The maximum absolute atomic E-state index is 12.9. The zero-order valence-corrected chi connectivity index (χ0v) is 12.7. The van der Waals surface area contributed by atoms with E-state index in [-0.39, 0.29) is 11.7 Å². The lowest BCUT2D eigenvalue weighted by molar-refractivity contribution is 0.102. The molecule has 23 heavy (non-hydrogen) atoms. The third-order valence-corrected chi connectivity index (χ3v) is 3.48. The summed E-state index contributed by atoms with van der Waals surface area (Å²) in [6.07, 6.45) is 1.48. The second-order valence-corrected chi connectivity index (χ2v) is 5.34. The Kier molecular flexibility index (Phi) is 4.35. The summed E-state index contributed by atoms with van der Waals surface area (Å²) in [6, 6.07) is 16.3. The van der Waals surface area contributed by atoms with Crippen LogP contribution in [0.4, 0.5) is 10.1 Å². The van der Waals surface area contributed by atoms with Gasteiger partial charge in [-0.1, -0.05) is 17.7 Å². The third-order valence-electron chi connectivity index (χ3n) is 3.25. The highest BCUT2D eigenvalue weighted by Crippen LogP contribution is 2.19. The van der Waals surface area contributed by atoms with Gasteiger partial charge in [-0.25, -0.2) is 4.39 Å². The molecular formula is C18H12ClFN2O. The number of rotatable bonds is 3. The van der Waals surface area contributed by atoms with Crippen LogP contribution in [0.1, 0.15) is 10.4 Å². The maximum Gasteiger partial charge on any atom is 0.257 e. The third kappa shape index (κ3) is 3.73. The van der Waals surface area contributed by atoms with Crippen molar-refractivity contribution in [3.05, 3.63) is 83.3 Å². The van der Waals surface area contributed by atoms with E-state index in [9.17, 15) is 9.18 Å². The minimum atomic E-state index is -0.300. The highest BCUT2D eigenvalue weighted by Gasteiger charge is 2.08. The van der Waals surface area contributed by atoms with Crippen molar-refractivity contribution in [2.75, 3.05) is 5.32 Å². The number of pyridine rings is 1. The molecule has 0 bridgehead atoms. The van der Waals surface area contributed by atoms with E-state index >= 15 is 0 Å². The van der Waals surface area contributed by atoms with Crippen molar-refractivity contribution in [3.8, 4) is 11.3 Å². The van der Waals surface area contributed by atoms with Crippen molar-refractivity contribution in [2.45, 2.75) is 0 Å². The average molecular weight is 327 g/mol. The lowest BCUT2D eigenvalue weighted by atomic mass is 10.1. The number of benzene rings is 2. The molecule has 0 aliphatic rings. The number of anilines is 1. The van der Waals surface area contributed by atoms with E-state index in [4.69, 9.17) is 11.6 Å². The molecule has 1 N–H and O–H groups in total. The molecule has 0 atom stereocenters. The standard InChI is InChI=1S/C18H12ClFN2O/c19-14-2-1-3-16(10-14)22-18(23)13-6-9-17(21-11-13)12-4-7-15(20)8-5-12/h1-11H,(H,22,23). The number of nitrogens with zero attached hydrogens (tertiary/aromatic N) is 1. The first-order valence-corrected chi connectivity index (χ1v) is 7.28. The van der Waals surface area contributed by atoms with Crippen LogP contribution in [-0.4, -0.2) is 10.9 Å². The van der Waals surface area contributed by atoms with Gasteiger partial charge >= 0.3 is 0 Å². The Morgan fingerprint density at radius 2 is 1.83 bits per heavy atom. The van der Waals surface area contributed by atoms with Gasteiger partial charge in [0.05, 0.1) is 11.3 Å². The first kappa shape index (κ1) is 15.2. The first-order chi connectivity index (χ1) is 11.1. The Balaban J connectivity index is 1.76. The van der Waals surface area contributed by atoms with Crippen molar-refractivity contribution < 1.29 is 9.18 Å². The fraction of sp³-hybridized carbons (Fsp3) is 0. The number of amides is 1. The van der Waals surface area contributed by atoms with Gasteiger partial charge in [-0.05, 0) is 54.6 Å². The molecule has 2 aromatic carbocycles. The molecular weight excluding hydrogens is 315 g/mol. The zero-order valence-electron chi connectivity index (χ0n) is 12.0. The number of nitrogens with one attached hydrogen (secondary N) is 1. The Hall–Kier alpha value is -2.72. The Labute approximate surface area is 137 Å². The topological polar surface area (TPSA) is 42.0 Å². The van der Waals surface area contributed by atoms with Crippen LogP contribution in [0.25, 0.3) is 11.3 Å². The molecule has 1 amide bonds. The number of hydrogen-bond donors (Lipinski definition) is 1. The lowest BCUT2D eigenvalue weighted by Gasteiger charge is -2.06. The molecule has 3 nitrogen and oxygen atoms in total. The van der Waals surface area contributed by atoms with Gasteiger partial charge in [0.1, 0.15) is 5.82 Å². The second kappa shape index (κ2) is 6.58. The minimum Gasteiger partial charge on any atom is -0.322 e. The molecule has 114 valence electrons. The van der Waals surface area contributed by atoms with E-state index in [0.29, 0.717) is 22.0 Å². The van der Waals surface area contributed by atoms with Crippen molar-refractivity contribution >= 4 is 23.2 Å². The van der Waals surface area contributed by atoms with Crippen LogP contribution in [0.2, 0.25) is 5.02 Å². The summed E-state index contributed by atoms with van der Waals surface area (Å²) in [4.78, 5) is 16.4. The minimum absolute atomic E-state index is 0.273. The van der Waals surface area contributed by atoms with E-state index in [1.165, 1.54) is 18.3 Å². The number of carbonyl (C=O) groups excluding carboxylic acids is 1. The predicted molar refractivity (Wildman–Crippen MR) is 89.0 cm³/mol. The van der Waals surface area contributed by atoms with Crippen LogP contribution in [0, 0.1) is 5.82 Å². The molecule has 0 unspecified atom stereocenters.